The van der Waals surface area contributed by atoms with Crippen molar-refractivity contribution in [2.45, 2.75) is 13.3 Å². The number of fused-ring (bicyclic) bond motifs is 1. The number of para-hydroxylation sites is 1. The van der Waals surface area contributed by atoms with Crippen LogP contribution >= 0.6 is 11.3 Å². The molecule has 1 N–H and O–H groups in total. The van der Waals surface area contributed by atoms with Gasteiger partial charge in [-0.1, -0.05) is 24.3 Å². The maximum Gasteiger partial charge on any atom is 0.225 e. The molecule has 0 saturated heterocycles. The maximum atomic E-state index is 11.2. The zero-order chi connectivity index (χ0) is 11.5. The number of thiazole rings is 1. The SMILES string of the molecule is CCC(=O)Nc1nc2c(OC)cccc2s1. The van der Waals surface area contributed by atoms with Crippen molar-refractivity contribution in [3.8, 4) is 5.75 Å². The van der Waals surface area contributed by atoms with Crippen LogP contribution in [0.15, 0.2) is 18.2 Å². The molecular formula is C11H12N2O2S. The minimum Gasteiger partial charge on any atom is -0.494 e. The second-order valence-corrected chi connectivity index (χ2v) is 4.26. The number of methoxy groups -OCH3 is 1. The summed E-state index contributed by atoms with van der Waals surface area (Å²) in [6.45, 7) is 1.81. The molecule has 0 aliphatic heterocycles. The highest BCUT2D eigenvalue weighted by Crippen LogP contribution is 2.31. The second-order valence-electron chi connectivity index (χ2n) is 3.23. The molecule has 1 aromatic carbocycles. The first kappa shape index (κ1) is 10.9. The predicted octanol–water partition coefficient (Wildman–Crippen LogP) is 2.65. The van der Waals surface area contributed by atoms with E-state index in [0.29, 0.717) is 11.6 Å². The zero-order valence-electron chi connectivity index (χ0n) is 9.11. The monoisotopic (exact) mass is 236 g/mol. The molecule has 0 aliphatic rings. The average molecular weight is 236 g/mol. The Labute approximate surface area is 97.3 Å². The lowest BCUT2D eigenvalue weighted by Gasteiger charge is -1.98. The summed E-state index contributed by atoms with van der Waals surface area (Å²) in [4.78, 5) is 15.6. The van der Waals surface area contributed by atoms with Crippen LogP contribution in [0.2, 0.25) is 0 Å². The van der Waals surface area contributed by atoms with Crippen molar-refractivity contribution in [3.63, 3.8) is 0 Å². The first-order valence-electron chi connectivity index (χ1n) is 4.98. The van der Waals surface area contributed by atoms with Gasteiger partial charge in [-0.15, -0.1) is 0 Å². The third kappa shape index (κ3) is 1.99. The average Bonchev–Trinajstić information content (AvgIpc) is 2.70. The van der Waals surface area contributed by atoms with E-state index in [4.69, 9.17) is 4.74 Å². The van der Waals surface area contributed by atoms with Crippen molar-refractivity contribution in [1.82, 2.24) is 4.98 Å². The topological polar surface area (TPSA) is 51.2 Å². The Kier molecular flexibility index (Phi) is 3.05. The number of ether oxygens (including phenoxy) is 1. The lowest BCUT2D eigenvalue weighted by molar-refractivity contribution is -0.115. The molecule has 0 atom stereocenters. The van der Waals surface area contributed by atoms with Crippen molar-refractivity contribution in [1.29, 1.82) is 0 Å². The molecule has 5 heteroatoms. The van der Waals surface area contributed by atoms with Gasteiger partial charge in [0.1, 0.15) is 11.3 Å². The van der Waals surface area contributed by atoms with Gasteiger partial charge in [0.15, 0.2) is 5.13 Å². The first-order chi connectivity index (χ1) is 7.74. The third-order valence-corrected chi connectivity index (χ3v) is 3.11. The Bertz CT molecular complexity index is 522. The molecule has 1 aromatic heterocycles. The predicted molar refractivity (Wildman–Crippen MR) is 65.1 cm³/mol. The summed E-state index contributed by atoms with van der Waals surface area (Å²) in [5, 5.41) is 3.36. The van der Waals surface area contributed by atoms with Crippen LogP contribution in [0.4, 0.5) is 5.13 Å². The van der Waals surface area contributed by atoms with Crippen LogP contribution in [-0.4, -0.2) is 18.0 Å². The molecule has 16 heavy (non-hydrogen) atoms. The van der Waals surface area contributed by atoms with E-state index in [2.05, 4.69) is 10.3 Å². The zero-order valence-corrected chi connectivity index (χ0v) is 9.93. The number of hydrogen-bond acceptors (Lipinski definition) is 4. The summed E-state index contributed by atoms with van der Waals surface area (Å²) in [7, 11) is 1.61. The summed E-state index contributed by atoms with van der Waals surface area (Å²) < 4.78 is 6.21. The number of rotatable bonds is 3. The normalized spacial score (nSPS) is 10.4. The maximum absolute atomic E-state index is 11.2. The van der Waals surface area contributed by atoms with Gasteiger partial charge >= 0.3 is 0 Å². The van der Waals surface area contributed by atoms with Crippen LogP contribution < -0.4 is 10.1 Å². The Balaban J connectivity index is 2.39. The number of carbonyl (C=O) groups is 1. The summed E-state index contributed by atoms with van der Waals surface area (Å²) in [5.74, 6) is 0.698. The van der Waals surface area contributed by atoms with E-state index in [1.807, 2.05) is 25.1 Å². The van der Waals surface area contributed by atoms with Crippen molar-refractivity contribution < 1.29 is 9.53 Å². The van der Waals surface area contributed by atoms with Gasteiger partial charge in [-0.3, -0.25) is 4.79 Å². The number of amides is 1. The van der Waals surface area contributed by atoms with E-state index in [1.54, 1.807) is 7.11 Å². The Morgan fingerprint density at radius 1 is 1.56 bits per heavy atom. The van der Waals surface area contributed by atoms with Crippen molar-refractivity contribution >= 4 is 32.6 Å². The molecular weight excluding hydrogens is 224 g/mol. The van der Waals surface area contributed by atoms with Crippen molar-refractivity contribution in [2.75, 3.05) is 12.4 Å². The van der Waals surface area contributed by atoms with Gasteiger partial charge in [0, 0.05) is 6.42 Å². The van der Waals surface area contributed by atoms with Crippen LogP contribution in [-0.2, 0) is 4.79 Å². The molecule has 0 saturated carbocycles. The van der Waals surface area contributed by atoms with Gasteiger partial charge < -0.3 is 10.1 Å². The fraction of sp³-hybridized carbons (Fsp3) is 0.273. The fourth-order valence-corrected chi connectivity index (χ4v) is 2.25. The molecule has 1 heterocycles. The molecule has 2 rings (SSSR count). The van der Waals surface area contributed by atoms with Crippen LogP contribution in [0.25, 0.3) is 10.2 Å². The van der Waals surface area contributed by atoms with E-state index < -0.39 is 0 Å². The van der Waals surface area contributed by atoms with E-state index in [-0.39, 0.29) is 5.91 Å². The highest BCUT2D eigenvalue weighted by molar-refractivity contribution is 7.22. The Morgan fingerprint density at radius 2 is 2.38 bits per heavy atom. The van der Waals surface area contributed by atoms with Gasteiger partial charge in [0.05, 0.1) is 11.8 Å². The summed E-state index contributed by atoms with van der Waals surface area (Å²) in [6.07, 6.45) is 0.451. The number of nitrogens with one attached hydrogen (secondary N) is 1. The van der Waals surface area contributed by atoms with Gasteiger partial charge in [-0.05, 0) is 12.1 Å². The van der Waals surface area contributed by atoms with Crippen LogP contribution in [0.5, 0.6) is 5.75 Å². The quantitative estimate of drug-likeness (QED) is 0.891. The van der Waals surface area contributed by atoms with Crippen molar-refractivity contribution in [2.24, 2.45) is 0 Å². The second kappa shape index (κ2) is 4.49. The number of aromatic nitrogens is 1. The van der Waals surface area contributed by atoms with Crippen LogP contribution in [0.1, 0.15) is 13.3 Å². The first-order valence-corrected chi connectivity index (χ1v) is 5.79. The molecule has 0 unspecified atom stereocenters. The fourth-order valence-electron chi connectivity index (χ4n) is 1.35. The lowest BCUT2D eigenvalue weighted by Crippen LogP contribution is -2.08. The molecule has 84 valence electrons. The minimum atomic E-state index is -0.0296. The lowest BCUT2D eigenvalue weighted by atomic mass is 10.3. The molecule has 0 fully saturated rings. The van der Waals surface area contributed by atoms with E-state index in [1.165, 1.54) is 11.3 Å². The van der Waals surface area contributed by atoms with Gasteiger partial charge in [0.2, 0.25) is 5.91 Å². The van der Waals surface area contributed by atoms with Crippen LogP contribution in [0.3, 0.4) is 0 Å². The van der Waals surface area contributed by atoms with E-state index in [9.17, 15) is 4.79 Å². The van der Waals surface area contributed by atoms with E-state index in [0.717, 1.165) is 16.0 Å². The van der Waals surface area contributed by atoms with Crippen LogP contribution in [0, 0.1) is 0 Å². The molecule has 0 bridgehead atoms. The Hall–Kier alpha value is -1.62. The standard InChI is InChI=1S/C11H12N2O2S/c1-3-9(14)12-11-13-10-7(15-2)5-4-6-8(10)16-11/h4-6H,3H2,1-2H3,(H,12,13,14). The molecule has 0 aliphatic carbocycles. The smallest absolute Gasteiger partial charge is 0.225 e. The summed E-state index contributed by atoms with van der Waals surface area (Å²) in [5.41, 5.74) is 0.793. The van der Waals surface area contributed by atoms with E-state index >= 15 is 0 Å². The molecule has 1 amide bonds. The largest absolute Gasteiger partial charge is 0.494 e. The molecule has 2 aromatic rings. The number of nitrogens with zero attached hydrogens (tertiary/aromatic N) is 1. The summed E-state index contributed by atoms with van der Waals surface area (Å²) >= 11 is 1.45. The number of anilines is 1. The highest BCUT2D eigenvalue weighted by atomic mass is 32.1. The number of carbonyl (C=O) groups excluding carboxylic acids is 1. The van der Waals surface area contributed by atoms with Gasteiger partial charge in [0.25, 0.3) is 0 Å². The van der Waals surface area contributed by atoms with Gasteiger partial charge in [-0.25, -0.2) is 4.98 Å². The molecule has 4 nitrogen and oxygen atoms in total. The molecule has 0 radical (unpaired) electrons. The van der Waals surface area contributed by atoms with Crippen molar-refractivity contribution in [3.05, 3.63) is 18.2 Å². The number of hydrogen-bond donors (Lipinski definition) is 1. The Morgan fingerprint density at radius 3 is 3.06 bits per heavy atom. The minimum absolute atomic E-state index is 0.0296. The molecule has 0 spiro atoms. The van der Waals surface area contributed by atoms with Gasteiger partial charge in [-0.2, -0.15) is 0 Å². The third-order valence-electron chi connectivity index (χ3n) is 2.17. The summed E-state index contributed by atoms with van der Waals surface area (Å²) in [6, 6.07) is 5.72. The number of benzene rings is 1. The highest BCUT2D eigenvalue weighted by Gasteiger charge is 2.09.